The quantitative estimate of drug-likeness (QED) is 0.433. The first-order valence-corrected chi connectivity index (χ1v) is 12.9. The Kier molecular flexibility index (Phi) is 7.18. The number of unbranched alkanes of at least 4 members (excludes halogenated alkanes) is 2. The van der Waals surface area contributed by atoms with Crippen LogP contribution in [-0.2, 0) is 11.3 Å². The Morgan fingerprint density at radius 2 is 2.06 bits per heavy atom. The van der Waals surface area contributed by atoms with Gasteiger partial charge < -0.3 is 10.2 Å². The van der Waals surface area contributed by atoms with E-state index in [4.69, 9.17) is 16.6 Å². The van der Waals surface area contributed by atoms with Gasteiger partial charge in [0.15, 0.2) is 0 Å². The molecule has 0 saturated carbocycles. The summed E-state index contributed by atoms with van der Waals surface area (Å²) in [6, 6.07) is 8.72. The van der Waals surface area contributed by atoms with Gasteiger partial charge in [-0.05, 0) is 37.5 Å². The largest absolute Gasteiger partial charge is 0.349 e. The van der Waals surface area contributed by atoms with Gasteiger partial charge in [0, 0.05) is 35.9 Å². The summed E-state index contributed by atoms with van der Waals surface area (Å²) in [6.07, 6.45) is 8.38. The fraction of sp³-hybridized carbons (Fsp3) is 0.423. The molecule has 36 heavy (non-hydrogen) atoms. The Bertz CT molecular complexity index is 1370. The van der Waals surface area contributed by atoms with Crippen LogP contribution >= 0.6 is 11.6 Å². The molecule has 4 heterocycles. The van der Waals surface area contributed by atoms with E-state index in [2.05, 4.69) is 31.9 Å². The van der Waals surface area contributed by atoms with Crippen LogP contribution in [0.5, 0.6) is 0 Å². The highest BCUT2D eigenvalue weighted by molar-refractivity contribution is 6.30. The van der Waals surface area contributed by atoms with Gasteiger partial charge in [-0.3, -0.25) is 18.6 Å². The third-order valence-electron chi connectivity index (χ3n) is 6.72. The molecule has 0 aliphatic carbocycles. The van der Waals surface area contributed by atoms with Crippen molar-refractivity contribution in [2.24, 2.45) is 10.2 Å². The second kappa shape index (κ2) is 10.7. The number of anilines is 1. The topological polar surface area (TPSA) is 96.4 Å². The van der Waals surface area contributed by atoms with E-state index in [0.29, 0.717) is 42.7 Å². The number of hydrogen-bond acceptors (Lipinski definition) is 6. The van der Waals surface area contributed by atoms with E-state index in [0.717, 1.165) is 49.2 Å². The Morgan fingerprint density at radius 3 is 2.81 bits per heavy atom. The number of azo groups is 1. The number of imidazole rings is 1. The molecule has 1 amide bonds. The number of hydrogen-bond donors (Lipinski definition) is 1. The van der Waals surface area contributed by atoms with E-state index in [9.17, 15) is 9.59 Å². The van der Waals surface area contributed by atoms with Crippen molar-refractivity contribution in [3.8, 4) is 11.3 Å². The van der Waals surface area contributed by atoms with Crippen LogP contribution in [0.1, 0.15) is 39.0 Å². The van der Waals surface area contributed by atoms with E-state index in [1.54, 1.807) is 16.7 Å². The Hall–Kier alpha value is -3.46. The number of aromatic nitrogens is 3. The first-order valence-electron chi connectivity index (χ1n) is 12.5. The number of benzene rings is 1. The first kappa shape index (κ1) is 24.2. The minimum absolute atomic E-state index is 0.0619. The van der Waals surface area contributed by atoms with E-state index in [1.807, 2.05) is 30.3 Å². The van der Waals surface area contributed by atoms with Gasteiger partial charge in [-0.2, -0.15) is 10.2 Å². The van der Waals surface area contributed by atoms with E-state index >= 15 is 0 Å². The van der Waals surface area contributed by atoms with Crippen molar-refractivity contribution in [3.63, 3.8) is 0 Å². The van der Waals surface area contributed by atoms with Crippen molar-refractivity contribution in [1.29, 1.82) is 0 Å². The van der Waals surface area contributed by atoms with Gasteiger partial charge in [-0.15, -0.1) is 0 Å². The van der Waals surface area contributed by atoms with Crippen LogP contribution in [0.25, 0.3) is 17.0 Å². The van der Waals surface area contributed by atoms with Gasteiger partial charge in [0.25, 0.3) is 5.56 Å². The van der Waals surface area contributed by atoms with Crippen molar-refractivity contribution in [1.82, 2.24) is 19.3 Å². The van der Waals surface area contributed by atoms with Crippen LogP contribution in [0, 0.1) is 0 Å². The van der Waals surface area contributed by atoms with Gasteiger partial charge in [-0.25, -0.2) is 4.98 Å². The molecule has 10 heteroatoms. The smallest absolute Gasteiger partial charge is 0.261 e. The van der Waals surface area contributed by atoms with Crippen molar-refractivity contribution >= 4 is 29.1 Å². The van der Waals surface area contributed by atoms with Crippen LogP contribution in [0.15, 0.2) is 63.3 Å². The molecule has 1 fully saturated rings. The maximum Gasteiger partial charge on any atom is 0.261 e. The lowest BCUT2D eigenvalue weighted by Gasteiger charge is -2.29. The second-order valence-electron chi connectivity index (χ2n) is 9.19. The fourth-order valence-electron chi connectivity index (χ4n) is 4.85. The van der Waals surface area contributed by atoms with Gasteiger partial charge in [0.05, 0.1) is 24.5 Å². The number of aryl methyl sites for hydroxylation is 1. The van der Waals surface area contributed by atoms with Crippen molar-refractivity contribution < 1.29 is 4.79 Å². The van der Waals surface area contributed by atoms with Gasteiger partial charge in [0.1, 0.15) is 11.9 Å². The molecule has 188 valence electrons. The van der Waals surface area contributed by atoms with Crippen molar-refractivity contribution in [2.75, 3.05) is 24.5 Å². The molecule has 0 radical (unpaired) electrons. The second-order valence-corrected chi connectivity index (χ2v) is 9.63. The molecule has 2 aromatic heterocycles. The summed E-state index contributed by atoms with van der Waals surface area (Å²) in [7, 11) is 0. The molecular weight excluding hydrogens is 478 g/mol. The molecule has 0 unspecified atom stereocenters. The average Bonchev–Trinajstić information content (AvgIpc) is 3.65. The van der Waals surface area contributed by atoms with Crippen LogP contribution in [0.3, 0.4) is 0 Å². The number of amides is 1. The van der Waals surface area contributed by atoms with Crippen molar-refractivity contribution in [3.05, 3.63) is 63.7 Å². The number of fused-ring (bicyclic) bond motifs is 1. The van der Waals surface area contributed by atoms with Crippen molar-refractivity contribution in [2.45, 2.75) is 51.6 Å². The molecule has 0 bridgehead atoms. The van der Waals surface area contributed by atoms with E-state index in [-0.39, 0.29) is 17.5 Å². The van der Waals surface area contributed by atoms with Crippen LogP contribution in [-0.4, -0.2) is 45.5 Å². The number of nitrogens with zero attached hydrogens (tertiary/aromatic N) is 6. The summed E-state index contributed by atoms with van der Waals surface area (Å²) < 4.78 is 3.69. The highest BCUT2D eigenvalue weighted by Crippen LogP contribution is 2.28. The lowest BCUT2D eigenvalue weighted by molar-refractivity contribution is -0.122. The summed E-state index contributed by atoms with van der Waals surface area (Å²) >= 11 is 6.06. The van der Waals surface area contributed by atoms with Gasteiger partial charge in [0.2, 0.25) is 11.7 Å². The predicted molar refractivity (Wildman–Crippen MR) is 141 cm³/mol. The lowest BCUT2D eigenvalue weighted by atomic mass is 10.2. The molecule has 0 spiro atoms. The Morgan fingerprint density at radius 1 is 1.22 bits per heavy atom. The third kappa shape index (κ3) is 4.93. The molecule has 1 atom stereocenters. The summed E-state index contributed by atoms with van der Waals surface area (Å²) in [5, 5.41) is 11.6. The van der Waals surface area contributed by atoms with Gasteiger partial charge >= 0.3 is 0 Å². The first-order chi connectivity index (χ1) is 17.5. The maximum absolute atomic E-state index is 13.2. The van der Waals surface area contributed by atoms with Crippen LogP contribution < -0.4 is 15.8 Å². The zero-order chi connectivity index (χ0) is 25.1. The monoisotopic (exact) mass is 507 g/mol. The molecule has 1 aromatic carbocycles. The Labute approximate surface area is 214 Å². The minimum Gasteiger partial charge on any atom is -0.349 e. The number of rotatable bonds is 9. The fourth-order valence-corrected chi connectivity index (χ4v) is 4.98. The molecule has 5 rings (SSSR count). The van der Waals surface area contributed by atoms with Crippen LogP contribution in [0.2, 0.25) is 5.02 Å². The summed E-state index contributed by atoms with van der Waals surface area (Å²) in [4.78, 5) is 33.3. The summed E-state index contributed by atoms with van der Waals surface area (Å²) in [5.41, 5.74) is 2.21. The average molecular weight is 508 g/mol. The SMILES string of the molecule is CCCCCn1c(N2CCC[C@H]2C(=O)NCC2=CCN=N2)cc(=O)n2cc(-c3ccc(Cl)cc3)nc12. The third-order valence-corrected chi connectivity index (χ3v) is 6.97. The highest BCUT2D eigenvalue weighted by atomic mass is 35.5. The zero-order valence-corrected chi connectivity index (χ0v) is 21.1. The van der Waals surface area contributed by atoms with Crippen LogP contribution in [0.4, 0.5) is 5.82 Å². The summed E-state index contributed by atoms with van der Waals surface area (Å²) in [6.45, 7) is 4.50. The predicted octanol–water partition coefficient (Wildman–Crippen LogP) is 4.44. The molecule has 9 nitrogen and oxygen atoms in total. The van der Waals surface area contributed by atoms with E-state index < -0.39 is 0 Å². The maximum atomic E-state index is 13.2. The van der Waals surface area contributed by atoms with E-state index in [1.165, 1.54) is 0 Å². The van der Waals surface area contributed by atoms with Gasteiger partial charge in [-0.1, -0.05) is 43.5 Å². The molecular formula is C26H30ClN7O2. The minimum atomic E-state index is -0.353. The molecule has 3 aromatic rings. The standard InChI is InChI=1S/C26H30ClN7O2/c1-2-3-4-13-33-23(32-14-5-6-22(32)25(36)28-16-20-11-12-29-31-20)15-24(35)34-17-21(30-26(33)34)18-7-9-19(27)10-8-18/h7-11,15,17,22H,2-6,12-14,16H2,1H3,(H,28,36)/t22-/m0/s1. The zero-order valence-electron chi connectivity index (χ0n) is 20.4. The highest BCUT2D eigenvalue weighted by Gasteiger charge is 2.33. The molecule has 2 aliphatic rings. The number of carbonyl (C=O) groups is 1. The Balaban J connectivity index is 1.51. The number of carbonyl (C=O) groups excluding carboxylic acids is 1. The lowest BCUT2D eigenvalue weighted by Crippen LogP contribution is -2.45. The number of nitrogens with one attached hydrogen (secondary N) is 1. The normalized spacial score (nSPS) is 17.2. The summed E-state index contributed by atoms with van der Waals surface area (Å²) in [5.74, 6) is 1.27. The molecule has 2 aliphatic heterocycles. The number of halogens is 1. The molecule has 1 N–H and O–H groups in total. The molecule has 1 saturated heterocycles.